The van der Waals surface area contributed by atoms with Gasteiger partial charge in [0.05, 0.1) is 18.0 Å². The number of ether oxygens (including phenoxy) is 1. The van der Waals surface area contributed by atoms with E-state index in [-0.39, 0.29) is 0 Å². The van der Waals surface area contributed by atoms with Crippen molar-refractivity contribution in [1.82, 2.24) is 9.38 Å². The first-order chi connectivity index (χ1) is 11.2. The fourth-order valence-corrected chi connectivity index (χ4v) is 2.66. The summed E-state index contributed by atoms with van der Waals surface area (Å²) in [6.07, 6.45) is 2.81. The summed E-state index contributed by atoms with van der Waals surface area (Å²) in [6.45, 7) is 5.55. The van der Waals surface area contributed by atoms with Gasteiger partial charge in [-0.05, 0) is 24.6 Å². The SMILES string of the molecule is CC(C)COc1cccn2c(CCN)c(-c3ccccc3)nc12. The number of hydrogen-bond acceptors (Lipinski definition) is 3. The third-order valence-electron chi connectivity index (χ3n) is 3.71. The van der Waals surface area contributed by atoms with Crippen LogP contribution in [0.25, 0.3) is 16.9 Å². The highest BCUT2D eigenvalue weighted by atomic mass is 16.5. The number of imidazole rings is 1. The Labute approximate surface area is 136 Å². The fourth-order valence-electron chi connectivity index (χ4n) is 2.66. The molecule has 0 atom stereocenters. The molecule has 4 heteroatoms. The van der Waals surface area contributed by atoms with Crippen molar-refractivity contribution in [2.45, 2.75) is 20.3 Å². The molecule has 0 fully saturated rings. The maximum absolute atomic E-state index is 5.95. The summed E-state index contributed by atoms with van der Waals surface area (Å²) in [4.78, 5) is 4.86. The first-order valence-corrected chi connectivity index (χ1v) is 8.09. The first kappa shape index (κ1) is 15.6. The lowest BCUT2D eigenvalue weighted by Gasteiger charge is -2.09. The minimum atomic E-state index is 0.474. The van der Waals surface area contributed by atoms with Crippen molar-refractivity contribution < 1.29 is 4.74 Å². The molecule has 4 nitrogen and oxygen atoms in total. The van der Waals surface area contributed by atoms with E-state index in [4.69, 9.17) is 15.5 Å². The second-order valence-electron chi connectivity index (χ2n) is 6.08. The van der Waals surface area contributed by atoms with Crippen molar-refractivity contribution >= 4 is 5.65 Å². The summed E-state index contributed by atoms with van der Waals surface area (Å²) in [7, 11) is 0. The molecular formula is C19H23N3O. The first-order valence-electron chi connectivity index (χ1n) is 8.09. The Hall–Kier alpha value is -2.33. The van der Waals surface area contributed by atoms with E-state index in [9.17, 15) is 0 Å². The molecule has 0 unspecified atom stereocenters. The van der Waals surface area contributed by atoms with Gasteiger partial charge in [0.1, 0.15) is 0 Å². The standard InChI is InChI=1S/C19H23N3O/c1-14(2)13-23-17-9-6-12-22-16(10-11-20)18(21-19(17)22)15-7-4-3-5-8-15/h3-9,12,14H,10-11,13,20H2,1-2H3. The number of nitrogens with two attached hydrogens (primary N) is 1. The summed E-state index contributed by atoms with van der Waals surface area (Å²) in [5.74, 6) is 1.30. The predicted octanol–water partition coefficient (Wildman–Crippen LogP) is 3.54. The van der Waals surface area contributed by atoms with E-state index >= 15 is 0 Å². The Morgan fingerprint density at radius 2 is 1.91 bits per heavy atom. The number of rotatable bonds is 6. The zero-order valence-corrected chi connectivity index (χ0v) is 13.7. The molecule has 2 heterocycles. The third kappa shape index (κ3) is 3.22. The maximum Gasteiger partial charge on any atom is 0.180 e. The summed E-state index contributed by atoms with van der Waals surface area (Å²) >= 11 is 0. The van der Waals surface area contributed by atoms with Crippen LogP contribution < -0.4 is 10.5 Å². The van der Waals surface area contributed by atoms with Crippen LogP contribution in [0.15, 0.2) is 48.7 Å². The predicted molar refractivity (Wildman–Crippen MR) is 93.7 cm³/mol. The van der Waals surface area contributed by atoms with Crippen LogP contribution in [-0.4, -0.2) is 22.5 Å². The summed E-state index contributed by atoms with van der Waals surface area (Å²) in [5.41, 5.74) is 9.90. The van der Waals surface area contributed by atoms with Gasteiger partial charge in [0.25, 0.3) is 0 Å². The van der Waals surface area contributed by atoms with E-state index in [0.29, 0.717) is 19.1 Å². The van der Waals surface area contributed by atoms with Crippen molar-refractivity contribution in [2.24, 2.45) is 11.7 Å². The molecule has 3 aromatic rings. The highest BCUT2D eigenvalue weighted by Gasteiger charge is 2.16. The van der Waals surface area contributed by atoms with Crippen LogP contribution in [0.2, 0.25) is 0 Å². The Balaban J connectivity index is 2.13. The van der Waals surface area contributed by atoms with E-state index in [1.54, 1.807) is 0 Å². The van der Waals surface area contributed by atoms with Crippen LogP contribution in [0, 0.1) is 5.92 Å². The zero-order chi connectivity index (χ0) is 16.2. The molecule has 2 N–H and O–H groups in total. The van der Waals surface area contributed by atoms with Crippen molar-refractivity contribution in [3.63, 3.8) is 0 Å². The molecule has 120 valence electrons. The molecule has 0 radical (unpaired) electrons. The highest BCUT2D eigenvalue weighted by molar-refractivity contribution is 5.69. The van der Waals surface area contributed by atoms with Gasteiger partial charge < -0.3 is 14.9 Å². The number of fused-ring (bicyclic) bond motifs is 1. The van der Waals surface area contributed by atoms with Gasteiger partial charge in [-0.3, -0.25) is 0 Å². The molecule has 0 aliphatic heterocycles. The maximum atomic E-state index is 5.95. The van der Waals surface area contributed by atoms with E-state index in [0.717, 1.165) is 34.8 Å². The van der Waals surface area contributed by atoms with Crippen LogP contribution in [0.3, 0.4) is 0 Å². The lowest BCUT2D eigenvalue weighted by molar-refractivity contribution is 0.272. The van der Waals surface area contributed by atoms with Crippen LogP contribution >= 0.6 is 0 Å². The molecular weight excluding hydrogens is 286 g/mol. The molecule has 0 saturated heterocycles. The molecule has 2 aromatic heterocycles. The Kier molecular flexibility index (Phi) is 4.63. The number of aromatic nitrogens is 2. The van der Waals surface area contributed by atoms with Gasteiger partial charge in [0.2, 0.25) is 0 Å². The number of hydrogen-bond donors (Lipinski definition) is 1. The zero-order valence-electron chi connectivity index (χ0n) is 13.7. The Morgan fingerprint density at radius 3 is 2.61 bits per heavy atom. The minimum Gasteiger partial charge on any atom is -0.489 e. The van der Waals surface area contributed by atoms with Crippen LogP contribution in [0.1, 0.15) is 19.5 Å². The number of nitrogens with zero attached hydrogens (tertiary/aromatic N) is 2. The molecule has 23 heavy (non-hydrogen) atoms. The minimum absolute atomic E-state index is 0.474. The third-order valence-corrected chi connectivity index (χ3v) is 3.71. The smallest absolute Gasteiger partial charge is 0.180 e. The average molecular weight is 309 g/mol. The largest absolute Gasteiger partial charge is 0.489 e. The second kappa shape index (κ2) is 6.84. The normalized spacial score (nSPS) is 11.3. The molecule has 0 spiro atoms. The van der Waals surface area contributed by atoms with Gasteiger partial charge >= 0.3 is 0 Å². The van der Waals surface area contributed by atoms with E-state index in [2.05, 4.69) is 30.4 Å². The average Bonchev–Trinajstić information content (AvgIpc) is 2.93. The quantitative estimate of drug-likeness (QED) is 0.758. The molecule has 3 rings (SSSR count). The molecule has 0 saturated carbocycles. The molecule has 1 aromatic carbocycles. The van der Waals surface area contributed by atoms with Gasteiger partial charge in [0.15, 0.2) is 11.4 Å². The van der Waals surface area contributed by atoms with Crippen LogP contribution in [-0.2, 0) is 6.42 Å². The molecule has 0 aliphatic rings. The Morgan fingerprint density at radius 1 is 1.13 bits per heavy atom. The summed E-state index contributed by atoms with van der Waals surface area (Å²) in [6, 6.07) is 14.2. The van der Waals surface area contributed by atoms with Gasteiger partial charge in [-0.2, -0.15) is 0 Å². The summed E-state index contributed by atoms with van der Waals surface area (Å²) in [5, 5.41) is 0. The van der Waals surface area contributed by atoms with Crippen molar-refractivity contribution in [2.75, 3.05) is 13.2 Å². The molecule has 0 bridgehead atoms. The number of pyridine rings is 1. The fraction of sp³-hybridized carbons (Fsp3) is 0.316. The lowest BCUT2D eigenvalue weighted by atomic mass is 10.1. The van der Waals surface area contributed by atoms with Gasteiger partial charge in [0, 0.05) is 18.2 Å². The number of benzene rings is 1. The second-order valence-corrected chi connectivity index (χ2v) is 6.08. The van der Waals surface area contributed by atoms with Gasteiger partial charge in [-0.25, -0.2) is 4.98 Å². The van der Waals surface area contributed by atoms with E-state index < -0.39 is 0 Å². The monoisotopic (exact) mass is 309 g/mol. The Bertz CT molecular complexity index is 778. The van der Waals surface area contributed by atoms with Crippen LogP contribution in [0.5, 0.6) is 5.75 Å². The van der Waals surface area contributed by atoms with E-state index in [1.165, 1.54) is 0 Å². The molecule has 0 aliphatic carbocycles. The molecule has 0 amide bonds. The summed E-state index contributed by atoms with van der Waals surface area (Å²) < 4.78 is 8.05. The van der Waals surface area contributed by atoms with Crippen molar-refractivity contribution in [3.8, 4) is 17.0 Å². The lowest BCUT2D eigenvalue weighted by Crippen LogP contribution is -2.07. The van der Waals surface area contributed by atoms with Crippen molar-refractivity contribution in [1.29, 1.82) is 0 Å². The van der Waals surface area contributed by atoms with E-state index in [1.807, 2.05) is 36.5 Å². The highest BCUT2D eigenvalue weighted by Crippen LogP contribution is 2.29. The van der Waals surface area contributed by atoms with Crippen LogP contribution in [0.4, 0.5) is 0 Å². The van der Waals surface area contributed by atoms with Gasteiger partial charge in [-0.15, -0.1) is 0 Å². The topological polar surface area (TPSA) is 52.5 Å². The van der Waals surface area contributed by atoms with Gasteiger partial charge in [-0.1, -0.05) is 44.2 Å². The van der Waals surface area contributed by atoms with Crippen molar-refractivity contribution in [3.05, 3.63) is 54.4 Å².